The fourth-order valence-electron chi connectivity index (χ4n) is 2.68. The summed E-state index contributed by atoms with van der Waals surface area (Å²) in [4.78, 5) is 2.76. The van der Waals surface area contributed by atoms with Gasteiger partial charge in [0.1, 0.15) is 5.75 Å². The molecule has 0 fully saturated rings. The first-order valence-corrected chi connectivity index (χ1v) is 10.0. The highest BCUT2D eigenvalue weighted by molar-refractivity contribution is 7.80. The summed E-state index contributed by atoms with van der Waals surface area (Å²) >= 11 is 4.88. The van der Waals surface area contributed by atoms with Gasteiger partial charge in [-0.1, -0.05) is 56.5 Å². The molecule has 144 valence electrons. The van der Waals surface area contributed by atoms with Crippen LogP contribution in [0.1, 0.15) is 71.1 Å². The van der Waals surface area contributed by atoms with E-state index in [1.54, 1.807) is 12.1 Å². The Balaban J connectivity index is 1.84. The van der Waals surface area contributed by atoms with Crippen LogP contribution in [-0.4, -0.2) is 18.3 Å². The van der Waals surface area contributed by atoms with E-state index >= 15 is 0 Å². The molecular formula is C20H31N3O2S. The molecule has 0 N–H and O–H groups in total. The molecule has 0 spiro atoms. The third kappa shape index (κ3) is 12.6. The van der Waals surface area contributed by atoms with Crippen molar-refractivity contribution < 1.29 is 9.47 Å². The van der Waals surface area contributed by atoms with Crippen molar-refractivity contribution in [3.8, 4) is 5.75 Å². The van der Waals surface area contributed by atoms with Gasteiger partial charge in [-0.3, -0.25) is 0 Å². The summed E-state index contributed by atoms with van der Waals surface area (Å²) in [5.41, 5.74) is 8.97. The zero-order valence-electron chi connectivity index (χ0n) is 15.9. The quantitative estimate of drug-likeness (QED) is 0.106. The van der Waals surface area contributed by atoms with Crippen LogP contribution in [0.5, 0.6) is 5.75 Å². The summed E-state index contributed by atoms with van der Waals surface area (Å²) in [7, 11) is 0. The van der Waals surface area contributed by atoms with Gasteiger partial charge in [0.05, 0.1) is 13.2 Å². The van der Waals surface area contributed by atoms with Gasteiger partial charge in [-0.25, -0.2) is 0 Å². The number of thiocarbonyl (C=S) groups is 1. The molecule has 0 saturated carbocycles. The smallest absolute Gasteiger partial charge is 0.156 e. The van der Waals surface area contributed by atoms with Crippen molar-refractivity contribution in [3.05, 3.63) is 34.7 Å². The third-order valence-corrected chi connectivity index (χ3v) is 4.23. The average molecular weight is 378 g/mol. The lowest BCUT2D eigenvalue weighted by Crippen LogP contribution is -1.98. The summed E-state index contributed by atoms with van der Waals surface area (Å²) in [6, 6.07) is 7.21. The van der Waals surface area contributed by atoms with E-state index in [-0.39, 0.29) is 0 Å². The van der Waals surface area contributed by atoms with Crippen molar-refractivity contribution in [1.29, 1.82) is 0 Å². The van der Waals surface area contributed by atoms with Crippen LogP contribution in [0.2, 0.25) is 0 Å². The minimum absolute atomic E-state index is 0.609. The zero-order valence-corrected chi connectivity index (χ0v) is 16.7. The average Bonchev–Trinajstić information content (AvgIpc) is 2.63. The highest BCUT2D eigenvalue weighted by Crippen LogP contribution is 2.18. The van der Waals surface area contributed by atoms with E-state index < -0.39 is 0 Å². The SMILES string of the molecule is CC(=S)OCCCCCCCCCCCCOc1ccc(N=[N+]=[N-])cc1. The van der Waals surface area contributed by atoms with Crippen LogP contribution in [0, 0.1) is 0 Å². The number of benzene rings is 1. The topological polar surface area (TPSA) is 67.2 Å². The second-order valence-electron chi connectivity index (χ2n) is 6.41. The number of hydrogen-bond donors (Lipinski definition) is 0. The summed E-state index contributed by atoms with van der Waals surface area (Å²) in [6.45, 7) is 3.34. The van der Waals surface area contributed by atoms with Crippen molar-refractivity contribution in [3.63, 3.8) is 0 Å². The van der Waals surface area contributed by atoms with E-state index in [9.17, 15) is 0 Å². The molecule has 1 aromatic carbocycles. The van der Waals surface area contributed by atoms with Crippen molar-refractivity contribution in [2.75, 3.05) is 13.2 Å². The van der Waals surface area contributed by atoms with Crippen LogP contribution < -0.4 is 4.74 Å². The first-order valence-electron chi connectivity index (χ1n) is 9.63. The van der Waals surface area contributed by atoms with Crippen LogP contribution in [0.15, 0.2) is 29.4 Å². The van der Waals surface area contributed by atoms with Crippen molar-refractivity contribution >= 4 is 23.0 Å². The lowest BCUT2D eigenvalue weighted by molar-refractivity contribution is 0.297. The molecular weight excluding hydrogens is 346 g/mol. The zero-order chi connectivity index (χ0) is 18.9. The van der Waals surface area contributed by atoms with Gasteiger partial charge in [0.25, 0.3) is 0 Å². The molecule has 0 unspecified atom stereocenters. The van der Waals surface area contributed by atoms with Crippen LogP contribution in [0.4, 0.5) is 5.69 Å². The third-order valence-electron chi connectivity index (χ3n) is 4.11. The van der Waals surface area contributed by atoms with E-state index in [2.05, 4.69) is 10.0 Å². The predicted molar refractivity (Wildman–Crippen MR) is 111 cm³/mol. The van der Waals surface area contributed by atoms with E-state index in [0.29, 0.717) is 10.7 Å². The maximum Gasteiger partial charge on any atom is 0.156 e. The van der Waals surface area contributed by atoms with Crippen LogP contribution >= 0.6 is 12.2 Å². The number of ether oxygens (including phenoxy) is 2. The monoisotopic (exact) mass is 377 g/mol. The van der Waals surface area contributed by atoms with Crippen molar-refractivity contribution in [2.45, 2.75) is 71.1 Å². The number of hydrogen-bond acceptors (Lipinski definition) is 4. The minimum Gasteiger partial charge on any atom is -0.494 e. The van der Waals surface area contributed by atoms with E-state index in [0.717, 1.165) is 31.8 Å². The normalized spacial score (nSPS) is 10.2. The molecule has 0 aliphatic heterocycles. The predicted octanol–water partition coefficient (Wildman–Crippen LogP) is 7.27. The number of rotatable bonds is 15. The molecule has 5 nitrogen and oxygen atoms in total. The summed E-state index contributed by atoms with van der Waals surface area (Å²) in [6.07, 6.45) is 12.5. The maximum atomic E-state index is 8.36. The number of azide groups is 1. The lowest BCUT2D eigenvalue weighted by Gasteiger charge is -2.06. The molecule has 0 atom stereocenters. The first kappa shape index (κ1) is 22.3. The fourth-order valence-corrected chi connectivity index (χ4v) is 2.77. The van der Waals surface area contributed by atoms with Gasteiger partial charge in [-0.15, -0.1) is 0 Å². The van der Waals surface area contributed by atoms with Gasteiger partial charge in [0.15, 0.2) is 5.05 Å². The number of nitrogens with zero attached hydrogens (tertiary/aromatic N) is 3. The van der Waals surface area contributed by atoms with Crippen LogP contribution in [-0.2, 0) is 4.74 Å². The molecule has 1 rings (SSSR count). The Labute approximate surface area is 162 Å². The van der Waals surface area contributed by atoms with E-state index in [1.165, 1.54) is 51.4 Å². The Morgan fingerprint density at radius 3 is 1.88 bits per heavy atom. The first-order chi connectivity index (χ1) is 12.7. The van der Waals surface area contributed by atoms with E-state index in [4.69, 9.17) is 27.2 Å². The molecule has 0 aromatic heterocycles. The molecule has 1 aromatic rings. The van der Waals surface area contributed by atoms with Gasteiger partial charge in [0, 0.05) is 17.5 Å². The molecule has 0 radical (unpaired) electrons. The number of unbranched alkanes of at least 4 members (excludes halogenated alkanes) is 9. The Bertz CT molecular complexity index is 542. The second kappa shape index (κ2) is 15.5. The largest absolute Gasteiger partial charge is 0.494 e. The highest BCUT2D eigenvalue weighted by Gasteiger charge is 1.96. The molecule has 6 heteroatoms. The standard InChI is InChI=1S/C20H31N3O2S/c1-18(26)24-16-10-8-6-4-2-3-5-7-9-11-17-25-20-14-12-19(13-15-20)22-23-21/h12-15H,2-11,16-17H2,1H3. The van der Waals surface area contributed by atoms with Gasteiger partial charge >= 0.3 is 0 Å². The van der Waals surface area contributed by atoms with Gasteiger partial charge in [0.2, 0.25) is 0 Å². The van der Waals surface area contributed by atoms with E-state index in [1.807, 2.05) is 19.1 Å². The van der Waals surface area contributed by atoms with Crippen molar-refractivity contribution in [1.82, 2.24) is 0 Å². The van der Waals surface area contributed by atoms with Gasteiger partial charge < -0.3 is 9.47 Å². The van der Waals surface area contributed by atoms with Crippen molar-refractivity contribution in [2.24, 2.45) is 5.11 Å². The summed E-state index contributed by atoms with van der Waals surface area (Å²) in [5.74, 6) is 0.827. The molecule has 0 amide bonds. The maximum absolute atomic E-state index is 8.36. The second-order valence-corrected chi connectivity index (χ2v) is 6.98. The molecule has 0 saturated heterocycles. The Kier molecular flexibility index (Phi) is 13.2. The molecule has 0 aliphatic carbocycles. The molecule has 0 bridgehead atoms. The van der Waals surface area contributed by atoms with Gasteiger partial charge in [-0.05, 0) is 54.9 Å². The van der Waals surface area contributed by atoms with Crippen LogP contribution in [0.25, 0.3) is 10.4 Å². The summed E-state index contributed by atoms with van der Waals surface area (Å²) < 4.78 is 11.0. The Morgan fingerprint density at radius 1 is 0.885 bits per heavy atom. The van der Waals surface area contributed by atoms with Crippen LogP contribution in [0.3, 0.4) is 0 Å². The highest BCUT2D eigenvalue weighted by atomic mass is 32.1. The molecule has 0 aliphatic rings. The Hall–Kier alpha value is -1.78. The molecule has 0 heterocycles. The lowest BCUT2D eigenvalue weighted by atomic mass is 10.1. The fraction of sp³-hybridized carbons (Fsp3) is 0.650. The summed E-state index contributed by atoms with van der Waals surface area (Å²) in [5, 5.41) is 4.19. The molecule has 26 heavy (non-hydrogen) atoms. The van der Waals surface area contributed by atoms with Gasteiger partial charge in [-0.2, -0.15) is 0 Å². The minimum atomic E-state index is 0.609. The Morgan fingerprint density at radius 2 is 1.38 bits per heavy atom.